The number of imidazole rings is 1. The van der Waals surface area contributed by atoms with Crippen molar-refractivity contribution in [2.45, 2.75) is 6.54 Å². The van der Waals surface area contributed by atoms with Gasteiger partial charge in [0.1, 0.15) is 0 Å². The molecule has 2 aromatic rings. The molecule has 18 heavy (non-hydrogen) atoms. The van der Waals surface area contributed by atoms with E-state index in [4.69, 9.17) is 5.73 Å². The number of rotatable bonds is 2. The highest BCUT2D eigenvalue weighted by molar-refractivity contribution is 7.91. The number of fused-ring (bicyclic) bond motifs is 1. The van der Waals surface area contributed by atoms with Crippen LogP contribution in [0.25, 0.3) is 4.96 Å². The maximum absolute atomic E-state index is 11.4. The van der Waals surface area contributed by atoms with Gasteiger partial charge in [0.05, 0.1) is 17.2 Å². The Morgan fingerprint density at radius 1 is 1.39 bits per heavy atom. The van der Waals surface area contributed by atoms with Crippen LogP contribution in [0.1, 0.15) is 5.69 Å². The second kappa shape index (κ2) is 4.22. The topological polar surface area (TPSA) is 80.7 Å². The zero-order valence-corrected chi connectivity index (χ0v) is 11.4. The zero-order chi connectivity index (χ0) is 12.8. The molecule has 1 saturated heterocycles. The third-order valence-corrected chi connectivity index (χ3v) is 5.54. The molecule has 2 N–H and O–H groups in total. The van der Waals surface area contributed by atoms with Crippen molar-refractivity contribution in [2.24, 2.45) is 5.73 Å². The fraction of sp³-hybridized carbons (Fsp3) is 0.500. The number of hydrogen-bond donors (Lipinski definition) is 1. The molecule has 0 aromatic carbocycles. The first-order chi connectivity index (χ1) is 8.61. The van der Waals surface area contributed by atoms with Crippen molar-refractivity contribution in [3.63, 3.8) is 0 Å². The largest absolute Gasteiger partial charge is 0.353 e. The Hall–Kier alpha value is -1.12. The van der Waals surface area contributed by atoms with Crippen LogP contribution in [0.5, 0.6) is 0 Å². The molecule has 1 fully saturated rings. The fourth-order valence-corrected chi connectivity index (χ4v) is 4.12. The second-order valence-corrected chi connectivity index (χ2v) is 7.46. The monoisotopic (exact) mass is 286 g/mol. The van der Waals surface area contributed by atoms with E-state index in [2.05, 4.69) is 4.98 Å². The molecule has 98 valence electrons. The average molecular weight is 286 g/mol. The Labute approximate surface area is 109 Å². The number of thiazole rings is 1. The van der Waals surface area contributed by atoms with Gasteiger partial charge in [-0.05, 0) is 0 Å². The van der Waals surface area contributed by atoms with Crippen molar-refractivity contribution in [3.8, 4) is 0 Å². The lowest BCUT2D eigenvalue weighted by Gasteiger charge is -2.27. The maximum atomic E-state index is 11.4. The van der Waals surface area contributed by atoms with E-state index in [0.29, 0.717) is 19.6 Å². The van der Waals surface area contributed by atoms with Crippen LogP contribution in [0.3, 0.4) is 0 Å². The minimum Gasteiger partial charge on any atom is -0.353 e. The van der Waals surface area contributed by atoms with Gasteiger partial charge in [-0.1, -0.05) is 0 Å². The van der Waals surface area contributed by atoms with Crippen LogP contribution in [0.15, 0.2) is 11.6 Å². The standard InChI is InChI=1S/C10H14N4O2S2/c11-7-8-9(12-10-14(8)1-4-17-10)13-2-5-18(15,16)6-3-13/h1,4H,2-3,5-7,11H2. The van der Waals surface area contributed by atoms with Crippen LogP contribution < -0.4 is 10.6 Å². The molecule has 1 aliphatic rings. The summed E-state index contributed by atoms with van der Waals surface area (Å²) < 4.78 is 24.8. The molecule has 0 bridgehead atoms. The minimum absolute atomic E-state index is 0.197. The van der Waals surface area contributed by atoms with Gasteiger partial charge in [-0.25, -0.2) is 13.4 Å². The summed E-state index contributed by atoms with van der Waals surface area (Å²) in [6.07, 6.45) is 1.94. The van der Waals surface area contributed by atoms with Crippen molar-refractivity contribution < 1.29 is 8.42 Å². The lowest BCUT2D eigenvalue weighted by Crippen LogP contribution is -2.41. The summed E-state index contributed by atoms with van der Waals surface area (Å²) in [6.45, 7) is 1.40. The molecule has 2 aromatic heterocycles. The van der Waals surface area contributed by atoms with E-state index in [0.717, 1.165) is 16.5 Å². The predicted molar refractivity (Wildman–Crippen MR) is 71.8 cm³/mol. The summed E-state index contributed by atoms with van der Waals surface area (Å²) in [6, 6.07) is 0. The third-order valence-electron chi connectivity index (χ3n) is 3.18. The van der Waals surface area contributed by atoms with Crippen LogP contribution >= 0.6 is 11.3 Å². The van der Waals surface area contributed by atoms with Crippen molar-refractivity contribution in [1.29, 1.82) is 0 Å². The Bertz CT molecular complexity index is 659. The van der Waals surface area contributed by atoms with Crippen LogP contribution in [0, 0.1) is 0 Å². The molecule has 3 heterocycles. The van der Waals surface area contributed by atoms with Gasteiger partial charge >= 0.3 is 0 Å². The molecule has 3 rings (SSSR count). The second-order valence-electron chi connectivity index (χ2n) is 4.28. The van der Waals surface area contributed by atoms with Crippen LogP contribution in [0.2, 0.25) is 0 Å². The van der Waals surface area contributed by atoms with E-state index in [-0.39, 0.29) is 11.5 Å². The van der Waals surface area contributed by atoms with Gasteiger partial charge in [0, 0.05) is 31.2 Å². The quantitative estimate of drug-likeness (QED) is 0.846. The normalized spacial score (nSPS) is 19.5. The minimum atomic E-state index is -2.86. The van der Waals surface area contributed by atoms with Crippen molar-refractivity contribution in [3.05, 3.63) is 17.3 Å². The van der Waals surface area contributed by atoms with Crippen molar-refractivity contribution in [1.82, 2.24) is 9.38 Å². The highest BCUT2D eigenvalue weighted by atomic mass is 32.2. The number of nitrogens with two attached hydrogens (primary N) is 1. The number of aromatic nitrogens is 2. The number of hydrogen-bond acceptors (Lipinski definition) is 6. The first-order valence-corrected chi connectivity index (χ1v) is 8.41. The number of anilines is 1. The van der Waals surface area contributed by atoms with E-state index in [1.165, 1.54) is 0 Å². The molecule has 0 saturated carbocycles. The average Bonchev–Trinajstić information content (AvgIpc) is 2.88. The van der Waals surface area contributed by atoms with E-state index in [1.807, 2.05) is 20.9 Å². The van der Waals surface area contributed by atoms with Crippen LogP contribution in [-0.2, 0) is 16.4 Å². The van der Waals surface area contributed by atoms with Gasteiger partial charge in [-0.15, -0.1) is 11.3 Å². The highest BCUT2D eigenvalue weighted by Gasteiger charge is 2.25. The first kappa shape index (κ1) is 11.9. The molecule has 6 nitrogen and oxygen atoms in total. The van der Waals surface area contributed by atoms with Gasteiger partial charge < -0.3 is 10.6 Å². The fourth-order valence-electron chi connectivity index (χ4n) is 2.19. The lowest BCUT2D eigenvalue weighted by atomic mass is 10.3. The molecule has 1 aliphatic heterocycles. The first-order valence-electron chi connectivity index (χ1n) is 5.70. The Kier molecular flexibility index (Phi) is 2.80. The molecule has 8 heteroatoms. The number of sulfone groups is 1. The summed E-state index contributed by atoms with van der Waals surface area (Å²) in [5.74, 6) is 1.23. The van der Waals surface area contributed by atoms with E-state index < -0.39 is 9.84 Å². The van der Waals surface area contributed by atoms with E-state index in [9.17, 15) is 8.42 Å². The molecule has 0 atom stereocenters. The SMILES string of the molecule is NCc1c(N2CCS(=O)(=O)CC2)nc2sccn12. The summed E-state index contributed by atoms with van der Waals surface area (Å²) >= 11 is 1.55. The molecular weight excluding hydrogens is 272 g/mol. The summed E-state index contributed by atoms with van der Waals surface area (Å²) in [5.41, 5.74) is 6.73. The highest BCUT2D eigenvalue weighted by Crippen LogP contribution is 2.25. The van der Waals surface area contributed by atoms with Crippen molar-refractivity contribution >= 4 is 32.0 Å². The van der Waals surface area contributed by atoms with E-state index in [1.54, 1.807) is 11.3 Å². The third kappa shape index (κ3) is 1.90. The van der Waals surface area contributed by atoms with Gasteiger partial charge in [0.2, 0.25) is 0 Å². The molecule has 0 amide bonds. The Balaban J connectivity index is 1.97. The summed E-state index contributed by atoms with van der Waals surface area (Å²) in [5, 5.41) is 1.96. The zero-order valence-electron chi connectivity index (χ0n) is 9.74. The maximum Gasteiger partial charge on any atom is 0.195 e. The van der Waals surface area contributed by atoms with Gasteiger partial charge in [-0.3, -0.25) is 4.40 Å². The van der Waals surface area contributed by atoms with Gasteiger partial charge in [0.25, 0.3) is 0 Å². The Morgan fingerprint density at radius 2 is 2.11 bits per heavy atom. The molecule has 0 radical (unpaired) electrons. The Morgan fingerprint density at radius 3 is 2.78 bits per heavy atom. The molecule has 0 unspecified atom stereocenters. The summed E-state index contributed by atoms with van der Waals surface area (Å²) in [4.78, 5) is 7.47. The molecule has 0 spiro atoms. The van der Waals surface area contributed by atoms with Gasteiger partial charge in [0.15, 0.2) is 20.6 Å². The number of nitrogens with zero attached hydrogens (tertiary/aromatic N) is 3. The summed E-state index contributed by atoms with van der Waals surface area (Å²) in [7, 11) is -2.86. The lowest BCUT2D eigenvalue weighted by molar-refractivity contribution is 0.586. The van der Waals surface area contributed by atoms with E-state index >= 15 is 0 Å². The molecule has 0 aliphatic carbocycles. The predicted octanol–water partition coefficient (Wildman–Crippen LogP) is 0.0893. The van der Waals surface area contributed by atoms with Crippen LogP contribution in [0.4, 0.5) is 5.82 Å². The molecular formula is C10H14N4O2S2. The smallest absolute Gasteiger partial charge is 0.195 e. The van der Waals surface area contributed by atoms with Crippen molar-refractivity contribution in [2.75, 3.05) is 29.5 Å². The van der Waals surface area contributed by atoms with Gasteiger partial charge in [-0.2, -0.15) is 0 Å². The van der Waals surface area contributed by atoms with Crippen LogP contribution in [-0.4, -0.2) is 42.4 Å².